The van der Waals surface area contributed by atoms with Crippen molar-refractivity contribution < 1.29 is 18.6 Å². The van der Waals surface area contributed by atoms with Gasteiger partial charge in [-0.3, -0.25) is 0 Å². The number of pyridine rings is 1. The summed E-state index contributed by atoms with van der Waals surface area (Å²) in [6, 6.07) is 0.997. The third-order valence-corrected chi connectivity index (χ3v) is 1.65. The third kappa shape index (κ3) is 1.98. The van der Waals surface area contributed by atoms with Gasteiger partial charge in [0.25, 0.3) is 6.43 Å². The maximum atomic E-state index is 12.1. The Morgan fingerprint density at radius 1 is 1.62 bits per heavy atom. The number of aromatic nitrogens is 1. The Balaban J connectivity index is 3.20. The lowest BCUT2D eigenvalue weighted by Crippen LogP contribution is -1.94. The van der Waals surface area contributed by atoms with E-state index in [1.165, 1.54) is 7.11 Å². The van der Waals surface area contributed by atoms with Gasteiger partial charge in [0.05, 0.1) is 7.11 Å². The molecule has 1 heterocycles. The molecular formula is C7H6ClF2NO2. The summed E-state index contributed by atoms with van der Waals surface area (Å²) < 4.78 is 28.9. The Morgan fingerprint density at radius 3 is 2.69 bits per heavy atom. The summed E-state index contributed by atoms with van der Waals surface area (Å²) in [5.41, 5.74) is -0.745. The minimum atomic E-state index is -2.86. The van der Waals surface area contributed by atoms with Crippen molar-refractivity contribution in [1.29, 1.82) is 0 Å². The van der Waals surface area contributed by atoms with Crippen LogP contribution >= 0.6 is 11.6 Å². The molecule has 13 heavy (non-hydrogen) atoms. The number of alkyl halides is 2. The molecule has 0 aliphatic carbocycles. The third-order valence-electron chi connectivity index (χ3n) is 1.38. The summed E-state index contributed by atoms with van der Waals surface area (Å²) in [5.74, 6) is -0.570. The molecule has 3 nitrogen and oxygen atoms in total. The average molecular weight is 210 g/mol. The van der Waals surface area contributed by atoms with Crippen molar-refractivity contribution in [2.75, 3.05) is 7.11 Å². The molecule has 0 saturated heterocycles. The van der Waals surface area contributed by atoms with Gasteiger partial charge in [-0.1, -0.05) is 11.6 Å². The van der Waals surface area contributed by atoms with Crippen LogP contribution in [0.3, 0.4) is 0 Å². The Hall–Kier alpha value is -1.10. The number of rotatable bonds is 2. The minimum Gasteiger partial charge on any atom is -0.506 e. The number of aromatic hydroxyl groups is 1. The van der Waals surface area contributed by atoms with Crippen LogP contribution in [0.4, 0.5) is 8.78 Å². The average Bonchev–Trinajstić information content (AvgIpc) is 2.07. The zero-order valence-electron chi connectivity index (χ0n) is 6.59. The van der Waals surface area contributed by atoms with Gasteiger partial charge in [-0.25, -0.2) is 13.8 Å². The molecule has 1 N–H and O–H groups in total. The lowest BCUT2D eigenvalue weighted by molar-refractivity contribution is 0.141. The first kappa shape index (κ1) is 9.98. The molecule has 1 aromatic heterocycles. The van der Waals surface area contributed by atoms with E-state index >= 15 is 0 Å². The van der Waals surface area contributed by atoms with Crippen molar-refractivity contribution in [2.24, 2.45) is 0 Å². The molecule has 6 heteroatoms. The van der Waals surface area contributed by atoms with Gasteiger partial charge in [-0.2, -0.15) is 0 Å². The van der Waals surface area contributed by atoms with E-state index in [0.717, 1.165) is 6.07 Å². The largest absolute Gasteiger partial charge is 0.506 e. The molecule has 0 aromatic carbocycles. The number of methoxy groups -OCH3 is 1. The van der Waals surface area contributed by atoms with Crippen LogP contribution in [-0.4, -0.2) is 17.2 Å². The van der Waals surface area contributed by atoms with Gasteiger partial charge in [-0.15, -0.1) is 0 Å². The molecule has 0 amide bonds. The number of ether oxygens (including phenoxy) is 1. The highest BCUT2D eigenvalue weighted by atomic mass is 35.5. The number of halogens is 3. The van der Waals surface area contributed by atoms with Crippen LogP contribution in [0.5, 0.6) is 11.5 Å². The maximum absolute atomic E-state index is 12.1. The minimum absolute atomic E-state index is 0.0589. The van der Waals surface area contributed by atoms with Crippen LogP contribution in [0.25, 0.3) is 0 Å². The topological polar surface area (TPSA) is 42.4 Å². The fourth-order valence-corrected chi connectivity index (χ4v) is 1.00. The van der Waals surface area contributed by atoms with Crippen molar-refractivity contribution in [3.05, 3.63) is 16.9 Å². The first-order chi connectivity index (χ1) is 6.06. The molecule has 0 saturated carbocycles. The summed E-state index contributed by atoms with van der Waals surface area (Å²) >= 11 is 5.47. The fourth-order valence-electron chi connectivity index (χ4n) is 0.780. The summed E-state index contributed by atoms with van der Waals surface area (Å²) in [4.78, 5) is 3.28. The molecule has 0 spiro atoms. The van der Waals surface area contributed by atoms with Crippen molar-refractivity contribution >= 4 is 11.6 Å². The highest BCUT2D eigenvalue weighted by Crippen LogP contribution is 2.33. The Bertz CT molecular complexity index is 320. The molecular weight excluding hydrogens is 204 g/mol. The highest BCUT2D eigenvalue weighted by molar-refractivity contribution is 6.30. The molecule has 0 unspecified atom stereocenters. The quantitative estimate of drug-likeness (QED) is 0.761. The van der Waals surface area contributed by atoms with Gasteiger partial charge >= 0.3 is 0 Å². The summed E-state index contributed by atoms with van der Waals surface area (Å²) in [6.45, 7) is 0. The molecule has 0 bridgehead atoms. The normalized spacial score (nSPS) is 10.5. The Kier molecular flexibility index (Phi) is 2.87. The molecule has 72 valence electrons. The van der Waals surface area contributed by atoms with Gasteiger partial charge in [0, 0.05) is 6.07 Å². The van der Waals surface area contributed by atoms with Crippen molar-refractivity contribution in [2.45, 2.75) is 6.43 Å². The van der Waals surface area contributed by atoms with Crippen LogP contribution in [0.2, 0.25) is 5.15 Å². The maximum Gasteiger partial charge on any atom is 0.284 e. The summed E-state index contributed by atoms with van der Waals surface area (Å²) in [5, 5.41) is 8.84. The van der Waals surface area contributed by atoms with Crippen LogP contribution in [0.1, 0.15) is 12.1 Å². The van der Waals surface area contributed by atoms with Crippen molar-refractivity contribution in [3.8, 4) is 11.5 Å². The van der Waals surface area contributed by atoms with E-state index in [4.69, 9.17) is 16.7 Å². The fraction of sp³-hybridized carbons (Fsp3) is 0.286. The lowest BCUT2D eigenvalue weighted by atomic mass is 10.3. The number of nitrogens with zero attached hydrogens (tertiary/aromatic N) is 1. The zero-order valence-corrected chi connectivity index (χ0v) is 7.35. The van der Waals surface area contributed by atoms with Crippen LogP contribution in [0.15, 0.2) is 6.07 Å². The van der Waals surface area contributed by atoms with Crippen LogP contribution < -0.4 is 4.74 Å². The van der Waals surface area contributed by atoms with Gasteiger partial charge in [0.1, 0.15) is 11.4 Å². The smallest absolute Gasteiger partial charge is 0.284 e. The van der Waals surface area contributed by atoms with E-state index in [1.54, 1.807) is 0 Å². The Morgan fingerprint density at radius 2 is 2.23 bits per heavy atom. The first-order valence-corrected chi connectivity index (χ1v) is 3.65. The predicted octanol–water partition coefficient (Wildman–Crippen LogP) is 2.39. The zero-order chi connectivity index (χ0) is 10.0. The van der Waals surface area contributed by atoms with Crippen molar-refractivity contribution in [1.82, 2.24) is 4.98 Å². The van der Waals surface area contributed by atoms with Gasteiger partial charge in [0.15, 0.2) is 10.9 Å². The van der Waals surface area contributed by atoms with E-state index in [1.807, 2.05) is 0 Å². The molecule has 0 aliphatic heterocycles. The predicted molar refractivity (Wildman–Crippen MR) is 42.4 cm³/mol. The monoisotopic (exact) mass is 209 g/mol. The SMILES string of the molecule is COc1cc(O)c(C(F)F)nc1Cl. The van der Waals surface area contributed by atoms with Crippen molar-refractivity contribution in [3.63, 3.8) is 0 Å². The molecule has 0 radical (unpaired) electrons. The van der Waals surface area contributed by atoms with Crippen LogP contribution in [-0.2, 0) is 0 Å². The second-order valence-electron chi connectivity index (χ2n) is 2.19. The first-order valence-electron chi connectivity index (χ1n) is 3.27. The second kappa shape index (κ2) is 3.74. The number of hydrogen-bond acceptors (Lipinski definition) is 3. The number of hydrogen-bond donors (Lipinski definition) is 1. The molecule has 1 rings (SSSR count). The van der Waals surface area contributed by atoms with Crippen LogP contribution in [0, 0.1) is 0 Å². The summed E-state index contributed by atoms with van der Waals surface area (Å²) in [7, 11) is 1.30. The summed E-state index contributed by atoms with van der Waals surface area (Å²) in [6.07, 6.45) is -2.86. The van der Waals surface area contributed by atoms with E-state index in [-0.39, 0.29) is 10.9 Å². The van der Waals surface area contributed by atoms with E-state index in [2.05, 4.69) is 9.72 Å². The van der Waals surface area contributed by atoms with Gasteiger partial charge in [-0.05, 0) is 0 Å². The lowest BCUT2D eigenvalue weighted by Gasteiger charge is -2.06. The second-order valence-corrected chi connectivity index (χ2v) is 2.54. The van der Waals surface area contributed by atoms with E-state index in [0.29, 0.717) is 0 Å². The highest BCUT2D eigenvalue weighted by Gasteiger charge is 2.17. The Labute approximate surface area is 77.9 Å². The standard InChI is InChI=1S/C7H6ClF2NO2/c1-13-4-2-3(12)5(7(9)10)11-6(4)8/h2,7,12H,1H3. The van der Waals surface area contributed by atoms with Gasteiger partial charge in [0.2, 0.25) is 0 Å². The van der Waals surface area contributed by atoms with Gasteiger partial charge < -0.3 is 9.84 Å². The van der Waals surface area contributed by atoms with E-state index in [9.17, 15) is 8.78 Å². The molecule has 0 fully saturated rings. The molecule has 1 aromatic rings. The molecule has 0 aliphatic rings. The van der Waals surface area contributed by atoms with E-state index < -0.39 is 17.9 Å². The molecule has 0 atom stereocenters.